The van der Waals surface area contributed by atoms with Crippen molar-refractivity contribution in [2.24, 2.45) is 16.7 Å². The molecule has 0 aliphatic heterocycles. The van der Waals surface area contributed by atoms with Crippen LogP contribution in [-0.2, 0) is 22.7 Å². The van der Waals surface area contributed by atoms with Gasteiger partial charge in [-0.05, 0) is 133 Å². The molecule has 8 heteroatoms. The van der Waals surface area contributed by atoms with E-state index in [0.29, 0.717) is 30.6 Å². The summed E-state index contributed by atoms with van der Waals surface area (Å²) in [4.78, 5) is 0. The number of hydrogen-bond acceptors (Lipinski definition) is 7. The Hall–Kier alpha value is -3.40. The van der Waals surface area contributed by atoms with E-state index in [9.17, 15) is 15.3 Å². The van der Waals surface area contributed by atoms with Gasteiger partial charge >= 0.3 is 0 Å². The summed E-state index contributed by atoms with van der Waals surface area (Å²) in [5, 5.41) is 29.6. The smallest absolute Gasteiger partial charge is 0.120 e. The molecule has 1 saturated carbocycles. The van der Waals surface area contributed by atoms with Gasteiger partial charge in [0.2, 0.25) is 0 Å². The predicted octanol–water partition coefficient (Wildman–Crippen LogP) is 9.34. The van der Waals surface area contributed by atoms with Gasteiger partial charge in [0.25, 0.3) is 0 Å². The average Bonchev–Trinajstić information content (AvgIpc) is 3.48. The van der Waals surface area contributed by atoms with Crippen molar-refractivity contribution in [1.82, 2.24) is 0 Å². The van der Waals surface area contributed by atoms with Crippen LogP contribution in [0.1, 0.15) is 68.4 Å². The number of halogens is 1. The van der Waals surface area contributed by atoms with Gasteiger partial charge in [0, 0.05) is 15.3 Å². The van der Waals surface area contributed by atoms with Crippen molar-refractivity contribution in [1.29, 1.82) is 0 Å². The first kappa shape index (κ1) is 41.4. The monoisotopic (exact) mass is 776 g/mol. The van der Waals surface area contributed by atoms with Crippen molar-refractivity contribution in [3.05, 3.63) is 116 Å². The standard InChI is InChI=1S/C44H57BrO7/c1-9-35-13-29(2)14-37(35)18-33(6)50-21-34-11-10-12-36(19-34)41-30(3)15-39(16-31(41)4)52-28-44(8,25-48)26-49-22-38-20-40(17-32(5)42(38)45)51-27-43(7,23-46)24-47/h9-12,15-20,29,46-48H,6,13-14,21-28H2,1-5,7-8H3/b35-9-,37-18-. The van der Waals surface area contributed by atoms with Crippen LogP contribution in [0, 0.1) is 37.5 Å². The molecule has 3 aromatic carbocycles. The van der Waals surface area contributed by atoms with Gasteiger partial charge in [-0.15, -0.1) is 0 Å². The maximum absolute atomic E-state index is 10.4. The number of hydrogen-bond donors (Lipinski definition) is 3. The first-order chi connectivity index (χ1) is 24.7. The average molecular weight is 778 g/mol. The molecule has 3 N–H and O–H groups in total. The van der Waals surface area contributed by atoms with Gasteiger partial charge in [0.1, 0.15) is 23.9 Å². The lowest BCUT2D eigenvalue weighted by Crippen LogP contribution is -2.34. The second kappa shape index (κ2) is 18.6. The lowest BCUT2D eigenvalue weighted by molar-refractivity contribution is -0.0163. The fourth-order valence-corrected chi connectivity index (χ4v) is 6.77. The number of aliphatic hydroxyl groups excluding tert-OH is 3. The highest BCUT2D eigenvalue weighted by Crippen LogP contribution is 2.36. The third-order valence-corrected chi connectivity index (χ3v) is 10.8. The first-order valence-electron chi connectivity index (χ1n) is 18.1. The highest BCUT2D eigenvalue weighted by atomic mass is 79.9. The molecule has 0 amide bonds. The molecule has 3 aromatic rings. The van der Waals surface area contributed by atoms with Crippen molar-refractivity contribution in [2.45, 2.75) is 74.5 Å². The Labute approximate surface area is 319 Å². The fraction of sp³-hybridized carbons (Fsp3) is 0.455. The number of allylic oxidation sites excluding steroid dienone is 4. The highest BCUT2D eigenvalue weighted by Gasteiger charge is 2.27. The summed E-state index contributed by atoms with van der Waals surface area (Å²) in [5.41, 5.74) is 8.76. The zero-order valence-electron chi connectivity index (χ0n) is 32.0. The molecule has 0 bridgehead atoms. The van der Waals surface area contributed by atoms with Crippen LogP contribution in [0.25, 0.3) is 11.1 Å². The summed E-state index contributed by atoms with van der Waals surface area (Å²) < 4.78 is 25.3. The molecule has 0 spiro atoms. The Morgan fingerprint density at radius 1 is 0.827 bits per heavy atom. The summed E-state index contributed by atoms with van der Waals surface area (Å²) in [6.45, 7) is 19.4. The minimum Gasteiger partial charge on any atom is -0.493 e. The van der Waals surface area contributed by atoms with Crippen molar-refractivity contribution >= 4 is 15.9 Å². The van der Waals surface area contributed by atoms with Crippen LogP contribution < -0.4 is 9.47 Å². The summed E-state index contributed by atoms with van der Waals surface area (Å²) in [5.74, 6) is 2.71. The SMILES string of the molecule is C=C(/C=C1/CC(C)C/C1=C/C)OCc1cccc(-c2c(C)cc(OCC(C)(CO)COCc3cc(OCC(C)(CO)CO)cc(C)c3Br)cc2C)c1. The largest absolute Gasteiger partial charge is 0.493 e. The molecule has 2 atom stereocenters. The van der Waals surface area contributed by atoms with E-state index in [4.69, 9.17) is 18.9 Å². The number of benzene rings is 3. The first-order valence-corrected chi connectivity index (χ1v) is 18.8. The van der Waals surface area contributed by atoms with Crippen LogP contribution in [0.5, 0.6) is 11.5 Å². The number of aliphatic hydroxyl groups is 3. The van der Waals surface area contributed by atoms with Gasteiger partial charge in [-0.2, -0.15) is 0 Å². The lowest BCUT2D eigenvalue weighted by atomic mass is 9.93. The molecule has 7 nitrogen and oxygen atoms in total. The van der Waals surface area contributed by atoms with Crippen LogP contribution in [0.15, 0.2) is 88.6 Å². The summed E-state index contributed by atoms with van der Waals surface area (Å²) in [6.07, 6.45) is 6.47. The van der Waals surface area contributed by atoms with Crippen LogP contribution in [-0.4, -0.2) is 55.0 Å². The van der Waals surface area contributed by atoms with E-state index < -0.39 is 10.8 Å². The van der Waals surface area contributed by atoms with E-state index in [2.05, 4.69) is 86.6 Å². The van der Waals surface area contributed by atoms with Gasteiger partial charge in [-0.25, -0.2) is 0 Å². The molecule has 0 aromatic heterocycles. The molecular formula is C44H57BrO7. The van der Waals surface area contributed by atoms with Gasteiger partial charge < -0.3 is 34.3 Å². The van der Waals surface area contributed by atoms with E-state index in [-0.39, 0.29) is 39.6 Å². The van der Waals surface area contributed by atoms with Crippen LogP contribution in [0.3, 0.4) is 0 Å². The molecule has 1 aliphatic carbocycles. The minimum absolute atomic E-state index is 0.110. The number of ether oxygens (including phenoxy) is 4. The molecule has 52 heavy (non-hydrogen) atoms. The normalized spacial score (nSPS) is 17.4. The Kier molecular flexibility index (Phi) is 14.8. The van der Waals surface area contributed by atoms with Crippen LogP contribution in [0.2, 0.25) is 0 Å². The zero-order valence-corrected chi connectivity index (χ0v) is 33.6. The van der Waals surface area contributed by atoms with Crippen LogP contribution in [0.4, 0.5) is 0 Å². The third-order valence-electron chi connectivity index (χ3n) is 9.71. The van der Waals surface area contributed by atoms with E-state index in [0.717, 1.165) is 62.0 Å². The van der Waals surface area contributed by atoms with E-state index >= 15 is 0 Å². The molecule has 0 saturated heterocycles. The van der Waals surface area contributed by atoms with Gasteiger partial charge in [-0.1, -0.05) is 67.6 Å². The Bertz CT molecular complexity index is 1730. The highest BCUT2D eigenvalue weighted by molar-refractivity contribution is 9.10. The maximum Gasteiger partial charge on any atom is 0.120 e. The molecule has 282 valence electrons. The third kappa shape index (κ3) is 11.1. The van der Waals surface area contributed by atoms with Gasteiger partial charge in [0.05, 0.1) is 46.2 Å². The molecule has 1 fully saturated rings. The van der Waals surface area contributed by atoms with Crippen LogP contribution >= 0.6 is 15.9 Å². The van der Waals surface area contributed by atoms with Crippen molar-refractivity contribution in [3.63, 3.8) is 0 Å². The Morgan fingerprint density at radius 3 is 2.06 bits per heavy atom. The minimum atomic E-state index is -0.739. The molecular weight excluding hydrogens is 720 g/mol. The Balaban J connectivity index is 1.36. The van der Waals surface area contributed by atoms with E-state index in [1.54, 1.807) is 6.92 Å². The molecule has 2 unspecified atom stereocenters. The topological polar surface area (TPSA) is 97.6 Å². The quantitative estimate of drug-likeness (QED) is 0.111. The molecule has 0 radical (unpaired) electrons. The second-order valence-electron chi connectivity index (χ2n) is 15.3. The summed E-state index contributed by atoms with van der Waals surface area (Å²) in [7, 11) is 0. The predicted molar refractivity (Wildman–Crippen MR) is 213 cm³/mol. The molecule has 1 aliphatic rings. The summed E-state index contributed by atoms with van der Waals surface area (Å²) >= 11 is 3.66. The zero-order chi connectivity index (χ0) is 38.1. The van der Waals surface area contributed by atoms with Gasteiger partial charge in [0.15, 0.2) is 0 Å². The van der Waals surface area contributed by atoms with Crippen molar-refractivity contribution in [2.75, 3.05) is 39.6 Å². The second-order valence-corrected chi connectivity index (χ2v) is 16.1. The van der Waals surface area contributed by atoms with E-state index in [1.807, 2.05) is 38.1 Å². The van der Waals surface area contributed by atoms with Gasteiger partial charge in [-0.3, -0.25) is 0 Å². The fourth-order valence-electron chi connectivity index (χ4n) is 6.42. The van der Waals surface area contributed by atoms with Crippen molar-refractivity contribution < 1.29 is 34.3 Å². The lowest BCUT2D eigenvalue weighted by Gasteiger charge is -2.28. The van der Waals surface area contributed by atoms with Crippen molar-refractivity contribution in [3.8, 4) is 22.6 Å². The maximum atomic E-state index is 10.4. The Morgan fingerprint density at radius 2 is 1.42 bits per heavy atom. The number of rotatable bonds is 18. The molecule has 0 heterocycles. The summed E-state index contributed by atoms with van der Waals surface area (Å²) in [6, 6.07) is 16.3. The molecule has 4 rings (SSSR count). The number of aryl methyl sites for hydroxylation is 3. The van der Waals surface area contributed by atoms with E-state index in [1.165, 1.54) is 11.1 Å².